The monoisotopic (exact) mass is 168 g/mol. The Hall–Kier alpha value is -0.420. The second-order valence-corrected chi connectivity index (χ2v) is 4.17. The summed E-state index contributed by atoms with van der Waals surface area (Å²) in [5.74, 6) is 0. The molecule has 0 amide bonds. The van der Waals surface area contributed by atoms with E-state index in [2.05, 4.69) is 26.0 Å². The molecule has 0 heterocycles. The third-order valence-corrected chi connectivity index (χ3v) is 3.15. The summed E-state index contributed by atoms with van der Waals surface area (Å²) in [5.41, 5.74) is 1.32. The topological polar surface area (TPSA) is 17.1 Å². The van der Waals surface area contributed by atoms with E-state index in [1.54, 1.807) is 0 Å². The molecule has 0 aromatic heterocycles. The molecule has 1 atom stereocenters. The first kappa shape index (κ1) is 8.67. The summed E-state index contributed by atoms with van der Waals surface area (Å²) in [6, 6.07) is 0. The van der Waals surface area contributed by atoms with Gasteiger partial charge in [-0.1, -0.05) is 30.7 Å². The molecule has 0 radical (unpaired) electrons. The van der Waals surface area contributed by atoms with Crippen molar-refractivity contribution in [2.45, 2.75) is 31.8 Å². The van der Waals surface area contributed by atoms with Crippen LogP contribution in [0.15, 0.2) is 23.8 Å². The number of hydrogen-bond acceptors (Lipinski definition) is 1. The second-order valence-electron chi connectivity index (χ2n) is 3.10. The van der Waals surface area contributed by atoms with Gasteiger partial charge in [0.05, 0.1) is 5.16 Å². The van der Waals surface area contributed by atoms with Gasteiger partial charge in [-0.15, -0.1) is 0 Å². The quantitative estimate of drug-likeness (QED) is 0.578. The molecule has 0 bridgehead atoms. The van der Waals surface area contributed by atoms with Crippen LogP contribution in [0.1, 0.15) is 26.7 Å². The Kier molecular flexibility index (Phi) is 2.62. The maximum absolute atomic E-state index is 10.9. The highest BCUT2D eigenvalue weighted by Crippen LogP contribution is 2.37. The van der Waals surface area contributed by atoms with Crippen LogP contribution in [0.3, 0.4) is 0 Å². The van der Waals surface area contributed by atoms with Crippen molar-refractivity contribution in [2.24, 2.45) is 0 Å². The van der Waals surface area contributed by atoms with Gasteiger partial charge in [0.1, 0.15) is 0 Å². The van der Waals surface area contributed by atoms with Crippen molar-refractivity contribution in [3.63, 3.8) is 0 Å². The minimum Gasteiger partial charge on any atom is -0.274 e. The van der Waals surface area contributed by atoms with Crippen molar-refractivity contribution in [2.75, 3.05) is 0 Å². The van der Waals surface area contributed by atoms with Gasteiger partial charge in [-0.05, 0) is 19.8 Å². The molecule has 1 nitrogen and oxygen atoms in total. The standard InChI is InChI=1S/C9H13OP/c1-3-9(11-10)6-4-5-8(2)7-9/h4-6H,3,7H2,1-2H3. The molecular weight excluding hydrogens is 155 g/mol. The van der Waals surface area contributed by atoms with Crippen LogP contribution in [0.25, 0.3) is 0 Å². The van der Waals surface area contributed by atoms with Gasteiger partial charge in [0.15, 0.2) is 8.46 Å². The summed E-state index contributed by atoms with van der Waals surface area (Å²) in [4.78, 5) is 0. The largest absolute Gasteiger partial charge is 0.274 e. The lowest BCUT2D eigenvalue weighted by molar-refractivity contribution is 0.562. The Morgan fingerprint density at radius 2 is 2.45 bits per heavy atom. The summed E-state index contributed by atoms with van der Waals surface area (Å²) < 4.78 is 10.9. The van der Waals surface area contributed by atoms with Crippen LogP contribution in [0.5, 0.6) is 0 Å². The van der Waals surface area contributed by atoms with Gasteiger partial charge in [-0.3, -0.25) is 4.57 Å². The van der Waals surface area contributed by atoms with Crippen molar-refractivity contribution < 1.29 is 4.57 Å². The molecule has 2 heteroatoms. The van der Waals surface area contributed by atoms with Crippen LogP contribution in [0.2, 0.25) is 0 Å². The van der Waals surface area contributed by atoms with Gasteiger partial charge in [0, 0.05) is 0 Å². The molecule has 0 N–H and O–H groups in total. The van der Waals surface area contributed by atoms with Crippen molar-refractivity contribution >= 4 is 8.46 Å². The van der Waals surface area contributed by atoms with E-state index in [0.29, 0.717) is 0 Å². The molecule has 1 rings (SSSR count). The predicted molar refractivity (Wildman–Crippen MR) is 48.1 cm³/mol. The lowest BCUT2D eigenvalue weighted by Crippen LogP contribution is -2.19. The number of rotatable bonds is 2. The lowest BCUT2D eigenvalue weighted by Gasteiger charge is -2.23. The minimum absolute atomic E-state index is 0.0984. The van der Waals surface area contributed by atoms with Crippen LogP contribution in [0, 0.1) is 0 Å². The summed E-state index contributed by atoms with van der Waals surface area (Å²) in [6.07, 6.45) is 8.02. The average Bonchev–Trinajstić information content (AvgIpc) is 2.04. The van der Waals surface area contributed by atoms with Gasteiger partial charge in [0.25, 0.3) is 0 Å². The molecule has 0 aromatic rings. The molecule has 0 aliphatic heterocycles. The van der Waals surface area contributed by atoms with Crippen LogP contribution in [-0.2, 0) is 4.57 Å². The minimum atomic E-state index is -0.0984. The van der Waals surface area contributed by atoms with Crippen molar-refractivity contribution in [1.29, 1.82) is 0 Å². The molecule has 0 aromatic carbocycles. The fourth-order valence-electron chi connectivity index (χ4n) is 1.36. The van der Waals surface area contributed by atoms with Crippen LogP contribution < -0.4 is 0 Å². The molecule has 0 fully saturated rings. The van der Waals surface area contributed by atoms with Gasteiger partial charge in [0.2, 0.25) is 0 Å². The fourth-order valence-corrected chi connectivity index (χ4v) is 1.95. The highest BCUT2D eigenvalue weighted by atomic mass is 31.1. The Morgan fingerprint density at radius 3 is 2.82 bits per heavy atom. The fraction of sp³-hybridized carbons (Fsp3) is 0.556. The molecule has 11 heavy (non-hydrogen) atoms. The van der Waals surface area contributed by atoms with E-state index in [4.69, 9.17) is 0 Å². The molecule has 1 aliphatic rings. The molecule has 0 spiro atoms. The third-order valence-electron chi connectivity index (χ3n) is 2.17. The Morgan fingerprint density at radius 1 is 1.73 bits per heavy atom. The molecular formula is C9H13OP. The van der Waals surface area contributed by atoms with E-state index >= 15 is 0 Å². The number of allylic oxidation sites excluding steroid dienone is 4. The average molecular weight is 168 g/mol. The summed E-state index contributed by atoms with van der Waals surface area (Å²) in [6.45, 7) is 4.16. The second kappa shape index (κ2) is 3.32. The van der Waals surface area contributed by atoms with E-state index < -0.39 is 0 Å². The number of hydrogen-bond donors (Lipinski definition) is 0. The molecule has 0 saturated heterocycles. The van der Waals surface area contributed by atoms with Crippen molar-refractivity contribution in [3.05, 3.63) is 23.8 Å². The van der Waals surface area contributed by atoms with E-state index in [-0.39, 0.29) is 13.6 Å². The molecule has 1 unspecified atom stereocenters. The van der Waals surface area contributed by atoms with Crippen LogP contribution in [0.4, 0.5) is 0 Å². The summed E-state index contributed by atoms with van der Waals surface area (Å²) in [5, 5.41) is -0.0984. The predicted octanol–water partition coefficient (Wildman–Crippen LogP) is 3.33. The zero-order valence-corrected chi connectivity index (χ0v) is 7.90. The zero-order valence-electron chi connectivity index (χ0n) is 7.00. The van der Waals surface area contributed by atoms with Gasteiger partial charge < -0.3 is 0 Å². The van der Waals surface area contributed by atoms with E-state index in [9.17, 15) is 4.57 Å². The van der Waals surface area contributed by atoms with Gasteiger partial charge >= 0.3 is 0 Å². The Labute approximate surface area is 69.4 Å². The third kappa shape index (κ3) is 1.78. The molecule has 1 aliphatic carbocycles. The zero-order chi connectivity index (χ0) is 8.32. The summed E-state index contributed by atoms with van der Waals surface area (Å²) >= 11 is 0. The van der Waals surface area contributed by atoms with Gasteiger partial charge in [-0.2, -0.15) is 0 Å². The summed E-state index contributed by atoms with van der Waals surface area (Å²) in [7, 11) is 0.252. The van der Waals surface area contributed by atoms with E-state index in [1.165, 1.54) is 5.57 Å². The SMILES string of the molecule is CCC1(P=O)C=CC=C(C)C1. The van der Waals surface area contributed by atoms with Crippen LogP contribution in [-0.4, -0.2) is 5.16 Å². The van der Waals surface area contributed by atoms with Gasteiger partial charge in [-0.25, -0.2) is 0 Å². The first-order valence-electron chi connectivity index (χ1n) is 3.92. The maximum atomic E-state index is 10.9. The van der Waals surface area contributed by atoms with Crippen molar-refractivity contribution in [3.8, 4) is 0 Å². The molecule has 60 valence electrons. The maximum Gasteiger partial charge on any atom is 0.166 e. The Balaban J connectivity index is 2.83. The van der Waals surface area contributed by atoms with E-state index in [1.807, 2.05) is 6.08 Å². The first-order chi connectivity index (χ1) is 5.22. The smallest absolute Gasteiger partial charge is 0.166 e. The Bertz CT molecular complexity index is 218. The highest BCUT2D eigenvalue weighted by Gasteiger charge is 2.27. The lowest BCUT2D eigenvalue weighted by atomic mass is 9.92. The van der Waals surface area contributed by atoms with Crippen LogP contribution >= 0.6 is 8.46 Å². The molecule has 0 saturated carbocycles. The first-order valence-corrected chi connectivity index (χ1v) is 4.73. The highest BCUT2D eigenvalue weighted by molar-refractivity contribution is 7.26. The van der Waals surface area contributed by atoms with E-state index in [0.717, 1.165) is 12.8 Å². The normalized spacial score (nSPS) is 30.5. The van der Waals surface area contributed by atoms with Crippen molar-refractivity contribution in [1.82, 2.24) is 0 Å².